The predicted molar refractivity (Wildman–Crippen MR) is 173 cm³/mol. The average molecular weight is 570 g/mol. The van der Waals surface area contributed by atoms with Crippen molar-refractivity contribution in [3.05, 3.63) is 136 Å². The minimum atomic E-state index is -0.245. The van der Waals surface area contributed by atoms with E-state index < -0.39 is 0 Å². The Morgan fingerprint density at radius 2 is 1.58 bits per heavy atom. The Morgan fingerprint density at radius 3 is 2.26 bits per heavy atom. The summed E-state index contributed by atoms with van der Waals surface area (Å²) in [6, 6.07) is 32.3. The number of hydrogen-bond acceptors (Lipinski definition) is 4. The summed E-state index contributed by atoms with van der Waals surface area (Å²) in [4.78, 5) is 13.3. The van der Waals surface area contributed by atoms with Crippen LogP contribution in [0.15, 0.2) is 95.5 Å². The van der Waals surface area contributed by atoms with Crippen LogP contribution >= 0.6 is 0 Å². The van der Waals surface area contributed by atoms with E-state index in [1.807, 2.05) is 13.0 Å². The van der Waals surface area contributed by atoms with Gasteiger partial charge in [-0.15, -0.1) is 0 Å². The summed E-state index contributed by atoms with van der Waals surface area (Å²) in [6.07, 6.45) is 2.55. The Bertz CT molecular complexity index is 1720. The molecule has 218 valence electrons. The van der Waals surface area contributed by atoms with Crippen LogP contribution in [0.3, 0.4) is 0 Å². The summed E-state index contributed by atoms with van der Waals surface area (Å²) in [6.45, 7) is 8.71. The lowest BCUT2D eigenvalue weighted by molar-refractivity contribution is 0.0920. The highest BCUT2D eigenvalue weighted by atomic mass is 16.5. The molecule has 4 aromatic carbocycles. The van der Waals surface area contributed by atoms with Gasteiger partial charge in [0.2, 0.25) is 5.76 Å². The molecule has 1 aliphatic heterocycles. The van der Waals surface area contributed by atoms with Crippen LogP contribution in [0.25, 0.3) is 22.4 Å². The molecule has 1 aromatic heterocycles. The molecule has 0 aliphatic carbocycles. The summed E-state index contributed by atoms with van der Waals surface area (Å²) in [5.74, 6) is 0.318. The molecule has 5 nitrogen and oxygen atoms in total. The fraction of sp³-hybridized carbons (Fsp3) is 0.263. The third kappa shape index (κ3) is 6.18. The number of amides is 1. The molecule has 0 atom stereocenters. The fourth-order valence-electron chi connectivity index (χ4n) is 6.17. The van der Waals surface area contributed by atoms with Crippen molar-refractivity contribution in [2.45, 2.75) is 52.5 Å². The van der Waals surface area contributed by atoms with Crippen LogP contribution in [-0.4, -0.2) is 24.2 Å². The molecule has 0 fully saturated rings. The first-order chi connectivity index (χ1) is 21.0. The van der Waals surface area contributed by atoms with Crippen LogP contribution < -0.4 is 10.6 Å². The van der Waals surface area contributed by atoms with Gasteiger partial charge in [0, 0.05) is 18.7 Å². The Labute approximate surface area is 254 Å². The number of benzene rings is 4. The van der Waals surface area contributed by atoms with E-state index in [1.54, 1.807) is 0 Å². The summed E-state index contributed by atoms with van der Waals surface area (Å²) in [5, 5.41) is 11.0. The molecule has 0 bridgehead atoms. The van der Waals surface area contributed by atoms with E-state index in [0.717, 1.165) is 49.0 Å². The number of nitrogens with zero attached hydrogens (tertiary/aromatic N) is 1. The Balaban J connectivity index is 1.56. The first kappa shape index (κ1) is 28.6. The minimum absolute atomic E-state index is 0.245. The number of aromatic nitrogens is 1. The molecular weight excluding hydrogens is 530 g/mol. The maximum atomic E-state index is 13.3. The number of carbonyl (C=O) groups is 1. The van der Waals surface area contributed by atoms with Crippen LogP contribution in [0.4, 0.5) is 0 Å². The second-order valence-electron chi connectivity index (χ2n) is 11.7. The van der Waals surface area contributed by atoms with Crippen LogP contribution in [-0.2, 0) is 25.8 Å². The zero-order valence-electron chi connectivity index (χ0n) is 25.2. The zero-order valence-corrected chi connectivity index (χ0v) is 25.2. The van der Waals surface area contributed by atoms with Gasteiger partial charge in [0.1, 0.15) is 5.69 Å². The molecule has 6 rings (SSSR count). The monoisotopic (exact) mass is 569 g/mol. The van der Waals surface area contributed by atoms with Crippen molar-refractivity contribution >= 4 is 5.91 Å². The van der Waals surface area contributed by atoms with E-state index in [4.69, 9.17) is 4.52 Å². The number of nitrogens with one attached hydrogen (secondary N) is 2. The van der Waals surface area contributed by atoms with Crippen molar-refractivity contribution in [1.82, 2.24) is 15.8 Å². The molecule has 2 heterocycles. The van der Waals surface area contributed by atoms with Gasteiger partial charge in [0.25, 0.3) is 5.91 Å². The molecule has 0 spiro atoms. The first-order valence-electron chi connectivity index (χ1n) is 15.4. The van der Waals surface area contributed by atoms with Gasteiger partial charge in [-0.25, -0.2) is 0 Å². The van der Waals surface area contributed by atoms with Crippen LogP contribution in [0.2, 0.25) is 0 Å². The van der Waals surface area contributed by atoms with E-state index in [9.17, 15) is 4.79 Å². The molecule has 5 heteroatoms. The van der Waals surface area contributed by atoms with E-state index in [2.05, 4.69) is 115 Å². The molecule has 0 unspecified atom stereocenters. The van der Waals surface area contributed by atoms with Gasteiger partial charge < -0.3 is 15.2 Å². The van der Waals surface area contributed by atoms with Crippen LogP contribution in [0.5, 0.6) is 0 Å². The minimum Gasteiger partial charge on any atom is -0.350 e. The van der Waals surface area contributed by atoms with Gasteiger partial charge >= 0.3 is 0 Å². The maximum Gasteiger partial charge on any atom is 0.290 e. The average Bonchev–Trinajstić information content (AvgIpc) is 3.47. The molecule has 0 radical (unpaired) electrons. The molecule has 1 amide bonds. The third-order valence-electron chi connectivity index (χ3n) is 8.33. The fourth-order valence-corrected chi connectivity index (χ4v) is 6.17. The molecule has 43 heavy (non-hydrogen) atoms. The van der Waals surface area contributed by atoms with E-state index in [-0.39, 0.29) is 11.7 Å². The number of hydrogen-bond donors (Lipinski definition) is 2. The zero-order chi connectivity index (χ0) is 29.8. The van der Waals surface area contributed by atoms with Gasteiger partial charge in [-0.3, -0.25) is 4.79 Å². The number of carbonyl (C=O) groups excluding carboxylic acids is 1. The van der Waals surface area contributed by atoms with E-state index in [0.29, 0.717) is 18.2 Å². The van der Waals surface area contributed by atoms with Crippen molar-refractivity contribution in [1.29, 1.82) is 0 Å². The van der Waals surface area contributed by atoms with Gasteiger partial charge in [0.05, 0.1) is 5.56 Å². The van der Waals surface area contributed by atoms with Gasteiger partial charge in [-0.2, -0.15) is 0 Å². The molecule has 0 saturated carbocycles. The molecule has 1 aliphatic rings. The Morgan fingerprint density at radius 1 is 0.884 bits per heavy atom. The van der Waals surface area contributed by atoms with Crippen molar-refractivity contribution in [3.63, 3.8) is 0 Å². The second-order valence-corrected chi connectivity index (χ2v) is 11.7. The molecular formula is C38H39N3O2. The van der Waals surface area contributed by atoms with Crippen LogP contribution in [0, 0.1) is 0 Å². The normalized spacial score (nSPS) is 12.7. The Hall–Kier alpha value is -4.48. The Kier molecular flexibility index (Phi) is 8.52. The van der Waals surface area contributed by atoms with E-state index in [1.165, 1.54) is 38.9 Å². The standard InChI is InChI=1S/C38H39N3O2/c1-4-40-38(42)37-35(29-15-16-30-24-39-18-17-28(30)21-29)36(41-43-37)34-23-33(25(2)3)31(19-26-11-7-5-8-12-26)22-32(34)20-27-13-9-6-10-14-27/h5-16,21-23,25,39H,4,17-20,24H2,1-3H3,(H,40,42). The predicted octanol–water partition coefficient (Wildman–Crippen LogP) is 7.71. The smallest absolute Gasteiger partial charge is 0.290 e. The van der Waals surface area contributed by atoms with Gasteiger partial charge in [0.15, 0.2) is 0 Å². The van der Waals surface area contributed by atoms with Crippen molar-refractivity contribution < 1.29 is 9.32 Å². The molecule has 5 aromatic rings. The highest BCUT2D eigenvalue weighted by molar-refractivity contribution is 6.02. The molecule has 2 N–H and O–H groups in total. The summed E-state index contributed by atoms with van der Waals surface area (Å²) < 4.78 is 5.92. The van der Waals surface area contributed by atoms with Gasteiger partial charge in [-0.05, 0) is 89.2 Å². The van der Waals surface area contributed by atoms with Crippen molar-refractivity contribution in [2.75, 3.05) is 13.1 Å². The summed E-state index contributed by atoms with van der Waals surface area (Å²) in [7, 11) is 0. The largest absolute Gasteiger partial charge is 0.350 e. The SMILES string of the molecule is CCNC(=O)c1onc(-c2cc(C(C)C)c(Cc3ccccc3)cc2Cc2ccccc2)c1-c1ccc2c(c1)CCNC2. The van der Waals surface area contributed by atoms with Crippen LogP contribution in [0.1, 0.15) is 76.2 Å². The lowest BCUT2D eigenvalue weighted by atomic mass is 9.84. The number of fused-ring (bicyclic) bond motifs is 1. The van der Waals surface area contributed by atoms with E-state index >= 15 is 0 Å². The molecule has 0 saturated heterocycles. The lowest BCUT2D eigenvalue weighted by Crippen LogP contribution is -2.24. The quantitative estimate of drug-likeness (QED) is 0.191. The van der Waals surface area contributed by atoms with Crippen molar-refractivity contribution in [2.24, 2.45) is 0 Å². The first-order valence-corrected chi connectivity index (χ1v) is 15.4. The number of rotatable bonds is 9. The highest BCUT2D eigenvalue weighted by Gasteiger charge is 2.27. The topological polar surface area (TPSA) is 67.2 Å². The van der Waals surface area contributed by atoms with Gasteiger partial charge in [-0.1, -0.05) is 104 Å². The maximum absolute atomic E-state index is 13.3. The summed E-state index contributed by atoms with van der Waals surface area (Å²) in [5.41, 5.74) is 12.3. The van der Waals surface area contributed by atoms with Crippen molar-refractivity contribution in [3.8, 4) is 22.4 Å². The lowest BCUT2D eigenvalue weighted by Gasteiger charge is -2.20. The third-order valence-corrected chi connectivity index (χ3v) is 8.33. The highest BCUT2D eigenvalue weighted by Crippen LogP contribution is 2.40. The second kappa shape index (κ2) is 12.8. The summed E-state index contributed by atoms with van der Waals surface area (Å²) >= 11 is 0.